The molecule has 34 heavy (non-hydrogen) atoms. The Morgan fingerprint density at radius 1 is 1.21 bits per heavy atom. The highest BCUT2D eigenvalue weighted by atomic mass is 16.5. The summed E-state index contributed by atoms with van der Waals surface area (Å²) in [5, 5.41) is 23.5. The lowest BCUT2D eigenvalue weighted by molar-refractivity contribution is -0.118. The molecule has 1 aliphatic heterocycles. The third-order valence-corrected chi connectivity index (χ3v) is 6.54. The van der Waals surface area contributed by atoms with Crippen molar-refractivity contribution >= 4 is 34.1 Å². The number of nitrogens with one attached hydrogen (secondary N) is 3. The zero-order valence-corrected chi connectivity index (χ0v) is 18.3. The monoisotopic (exact) mass is 458 g/mol. The standard InChI is InChI=1S/C24H22N6O4/c1-33-14-3-5-18-16(9-14)24(23(32)27-18)11-17(24)13-2-4-15-19(8-13)29-30-22(15)28-20-10-21(26-12-25-20)34-7-6-31/h2-5,8-10,12,17,31H,6-7,11H2,1H3,(H,27,32)(H2,25,26,28,29,30)/t17-,24-/m0/s1. The summed E-state index contributed by atoms with van der Waals surface area (Å²) in [4.78, 5) is 21.2. The summed E-state index contributed by atoms with van der Waals surface area (Å²) in [6.07, 6.45) is 2.13. The second kappa shape index (κ2) is 7.70. The number of ether oxygens (including phenoxy) is 2. The number of aromatic nitrogens is 4. The van der Waals surface area contributed by atoms with Crippen molar-refractivity contribution in [3.05, 3.63) is 59.9 Å². The molecule has 6 rings (SSSR count). The molecular weight excluding hydrogens is 436 g/mol. The van der Waals surface area contributed by atoms with Gasteiger partial charge in [0, 0.05) is 23.1 Å². The summed E-state index contributed by atoms with van der Waals surface area (Å²) in [7, 11) is 1.63. The van der Waals surface area contributed by atoms with Crippen LogP contribution in [0.4, 0.5) is 17.3 Å². The molecule has 10 heteroatoms. The first-order chi connectivity index (χ1) is 16.6. The largest absolute Gasteiger partial charge is 0.497 e. The smallest absolute Gasteiger partial charge is 0.235 e. The zero-order valence-electron chi connectivity index (χ0n) is 18.3. The number of H-pyrrole nitrogens is 1. The molecule has 0 bridgehead atoms. The van der Waals surface area contributed by atoms with Gasteiger partial charge in [0.25, 0.3) is 0 Å². The zero-order chi connectivity index (χ0) is 23.3. The molecule has 10 nitrogen and oxygen atoms in total. The van der Waals surface area contributed by atoms with E-state index in [0.29, 0.717) is 17.5 Å². The summed E-state index contributed by atoms with van der Waals surface area (Å²) in [6.45, 7) is 0.0602. The van der Waals surface area contributed by atoms with E-state index in [4.69, 9.17) is 14.6 Å². The summed E-state index contributed by atoms with van der Waals surface area (Å²) in [6, 6.07) is 13.5. The van der Waals surface area contributed by atoms with Crippen molar-refractivity contribution in [1.29, 1.82) is 0 Å². The fraction of sp³-hybridized carbons (Fsp3) is 0.250. The third kappa shape index (κ3) is 3.14. The average molecular weight is 458 g/mol. The first-order valence-corrected chi connectivity index (χ1v) is 10.9. The lowest BCUT2D eigenvalue weighted by Crippen LogP contribution is -2.21. The van der Waals surface area contributed by atoms with E-state index in [2.05, 4.69) is 30.8 Å². The van der Waals surface area contributed by atoms with Gasteiger partial charge in [-0.15, -0.1) is 0 Å². The molecular formula is C24H22N6O4. The summed E-state index contributed by atoms with van der Waals surface area (Å²) in [5.41, 5.74) is 3.24. The van der Waals surface area contributed by atoms with Crippen LogP contribution in [0, 0.1) is 0 Å². The third-order valence-electron chi connectivity index (χ3n) is 6.54. The van der Waals surface area contributed by atoms with Crippen LogP contribution in [0.2, 0.25) is 0 Å². The second-order valence-electron chi connectivity index (χ2n) is 8.41. The Morgan fingerprint density at radius 3 is 2.97 bits per heavy atom. The van der Waals surface area contributed by atoms with Gasteiger partial charge < -0.3 is 25.2 Å². The van der Waals surface area contributed by atoms with Gasteiger partial charge in [0.1, 0.15) is 24.5 Å². The number of aromatic amines is 1. The van der Waals surface area contributed by atoms with Crippen LogP contribution in [-0.4, -0.2) is 51.5 Å². The van der Waals surface area contributed by atoms with Crippen LogP contribution in [0.3, 0.4) is 0 Å². The maximum atomic E-state index is 12.9. The molecule has 0 saturated heterocycles. The van der Waals surface area contributed by atoms with Crippen molar-refractivity contribution in [2.24, 2.45) is 0 Å². The summed E-state index contributed by atoms with van der Waals surface area (Å²) < 4.78 is 10.7. The Kier molecular flexibility index (Phi) is 4.63. The van der Waals surface area contributed by atoms with Crippen LogP contribution in [0.25, 0.3) is 10.9 Å². The molecule has 2 aromatic heterocycles. The van der Waals surface area contributed by atoms with Crippen molar-refractivity contribution in [3.8, 4) is 11.6 Å². The van der Waals surface area contributed by atoms with E-state index in [1.165, 1.54) is 6.33 Å². The molecule has 172 valence electrons. The topological polar surface area (TPSA) is 134 Å². The number of amides is 1. The van der Waals surface area contributed by atoms with Crippen LogP contribution in [-0.2, 0) is 10.2 Å². The number of anilines is 3. The van der Waals surface area contributed by atoms with Crippen LogP contribution in [0.15, 0.2) is 48.8 Å². The fourth-order valence-corrected chi connectivity index (χ4v) is 4.81. The fourth-order valence-electron chi connectivity index (χ4n) is 4.81. The van der Waals surface area contributed by atoms with E-state index in [1.54, 1.807) is 13.2 Å². The number of hydrogen-bond acceptors (Lipinski definition) is 8. The first kappa shape index (κ1) is 20.4. The van der Waals surface area contributed by atoms with Gasteiger partial charge in [0.15, 0.2) is 5.82 Å². The van der Waals surface area contributed by atoms with Crippen LogP contribution in [0.5, 0.6) is 11.6 Å². The molecule has 2 aromatic carbocycles. The molecule has 1 saturated carbocycles. The maximum absolute atomic E-state index is 12.9. The van der Waals surface area contributed by atoms with Gasteiger partial charge in [-0.3, -0.25) is 9.89 Å². The highest BCUT2D eigenvalue weighted by Gasteiger charge is 2.65. The lowest BCUT2D eigenvalue weighted by Gasteiger charge is -2.10. The molecule has 1 aliphatic carbocycles. The van der Waals surface area contributed by atoms with Gasteiger partial charge in [-0.05, 0) is 47.9 Å². The molecule has 2 atom stereocenters. The van der Waals surface area contributed by atoms with E-state index in [0.717, 1.165) is 39.9 Å². The Bertz CT molecular complexity index is 1420. The number of benzene rings is 2. The SMILES string of the molecule is COc1ccc2c(c1)[C@]1(C[C@H]1c1ccc3c(Nc4cc(OCCO)ncn4)n[nH]c3c1)C(=O)N2. The number of carbonyl (C=O) groups is 1. The van der Waals surface area contributed by atoms with Crippen molar-refractivity contribution in [2.75, 3.05) is 31.0 Å². The number of nitrogens with zero attached hydrogens (tertiary/aromatic N) is 3. The number of aliphatic hydroxyl groups excluding tert-OH is 1. The summed E-state index contributed by atoms with van der Waals surface area (Å²) in [5.74, 6) is 2.37. The number of aliphatic hydroxyl groups is 1. The molecule has 4 aromatic rings. The molecule has 0 unspecified atom stereocenters. The number of methoxy groups -OCH3 is 1. The van der Waals surface area contributed by atoms with Gasteiger partial charge in [-0.1, -0.05) is 6.07 Å². The van der Waals surface area contributed by atoms with E-state index in [1.807, 2.05) is 36.4 Å². The van der Waals surface area contributed by atoms with Crippen molar-refractivity contribution in [1.82, 2.24) is 20.2 Å². The van der Waals surface area contributed by atoms with Crippen molar-refractivity contribution in [3.63, 3.8) is 0 Å². The molecule has 0 radical (unpaired) electrons. The quantitative estimate of drug-likeness (QED) is 0.332. The first-order valence-electron chi connectivity index (χ1n) is 10.9. The van der Waals surface area contributed by atoms with Crippen molar-refractivity contribution < 1.29 is 19.4 Å². The predicted octanol–water partition coefficient (Wildman–Crippen LogP) is 2.85. The predicted molar refractivity (Wildman–Crippen MR) is 125 cm³/mol. The van der Waals surface area contributed by atoms with E-state index < -0.39 is 5.41 Å². The van der Waals surface area contributed by atoms with E-state index in [9.17, 15) is 4.79 Å². The highest BCUT2D eigenvalue weighted by molar-refractivity contribution is 6.10. The molecule has 1 spiro atoms. The number of carbonyl (C=O) groups excluding carboxylic acids is 1. The molecule has 2 aliphatic rings. The Morgan fingerprint density at radius 2 is 2.12 bits per heavy atom. The second-order valence-corrected chi connectivity index (χ2v) is 8.41. The molecule has 1 amide bonds. The number of rotatable bonds is 7. The van der Waals surface area contributed by atoms with Gasteiger partial charge >= 0.3 is 0 Å². The van der Waals surface area contributed by atoms with E-state index >= 15 is 0 Å². The van der Waals surface area contributed by atoms with Crippen molar-refractivity contribution in [2.45, 2.75) is 17.8 Å². The minimum Gasteiger partial charge on any atom is -0.497 e. The Hall–Kier alpha value is -4.18. The lowest BCUT2D eigenvalue weighted by atomic mass is 9.91. The normalized spacial score (nSPS) is 20.3. The van der Waals surface area contributed by atoms with Crippen LogP contribution in [0.1, 0.15) is 23.5 Å². The average Bonchev–Trinajstić information content (AvgIpc) is 3.41. The van der Waals surface area contributed by atoms with Crippen LogP contribution < -0.4 is 20.1 Å². The molecule has 1 fully saturated rings. The molecule has 3 heterocycles. The maximum Gasteiger partial charge on any atom is 0.235 e. The minimum atomic E-state index is -0.551. The molecule has 4 N–H and O–H groups in total. The minimum absolute atomic E-state index is 0.0378. The van der Waals surface area contributed by atoms with Gasteiger partial charge in [0.2, 0.25) is 11.8 Å². The van der Waals surface area contributed by atoms with Gasteiger partial charge in [-0.25, -0.2) is 9.97 Å². The van der Waals surface area contributed by atoms with Crippen LogP contribution >= 0.6 is 0 Å². The summed E-state index contributed by atoms with van der Waals surface area (Å²) >= 11 is 0. The Labute approximate surface area is 194 Å². The Balaban J connectivity index is 1.27. The van der Waals surface area contributed by atoms with Gasteiger partial charge in [-0.2, -0.15) is 5.10 Å². The number of hydrogen-bond donors (Lipinski definition) is 4. The van der Waals surface area contributed by atoms with Gasteiger partial charge in [0.05, 0.1) is 24.6 Å². The van der Waals surface area contributed by atoms with E-state index in [-0.39, 0.29) is 25.0 Å². The highest BCUT2D eigenvalue weighted by Crippen LogP contribution is 2.65. The number of fused-ring (bicyclic) bond motifs is 3.